The molecular weight excluding hydrogens is 188 g/mol. The van der Waals surface area contributed by atoms with Crippen molar-refractivity contribution in [2.24, 2.45) is 0 Å². The molecule has 2 heterocycles. The van der Waals surface area contributed by atoms with Crippen LogP contribution in [0.4, 0.5) is 0 Å². The summed E-state index contributed by atoms with van der Waals surface area (Å²) in [5, 5.41) is 0. The lowest BCUT2D eigenvalue weighted by Crippen LogP contribution is -1.98. The second-order valence-corrected chi connectivity index (χ2v) is 4.04. The van der Waals surface area contributed by atoms with Crippen molar-refractivity contribution in [2.75, 3.05) is 0 Å². The van der Waals surface area contributed by atoms with Crippen LogP contribution >= 0.6 is 0 Å². The van der Waals surface area contributed by atoms with Gasteiger partial charge < -0.3 is 4.40 Å². The summed E-state index contributed by atoms with van der Waals surface area (Å²) >= 11 is 0. The second-order valence-electron chi connectivity index (χ2n) is 4.04. The van der Waals surface area contributed by atoms with Gasteiger partial charge in [0.05, 0.1) is 11.7 Å². The standard InChI is InChI=1S/C12H14N2O/c1-8(2)12-13-7-11-6-10(9(3)15)4-5-14(11)12/h4-8H,1-3H3. The second kappa shape index (κ2) is 3.50. The number of Topliss-reactive ketones (excluding diaryl/α,β-unsaturated/α-hetero) is 1. The molecule has 0 N–H and O–H groups in total. The first kappa shape index (κ1) is 9.90. The number of carbonyl (C=O) groups excluding carboxylic acids is 1. The summed E-state index contributed by atoms with van der Waals surface area (Å²) in [5.41, 5.74) is 1.71. The van der Waals surface area contributed by atoms with Gasteiger partial charge in [-0.2, -0.15) is 0 Å². The molecule has 0 radical (unpaired) electrons. The van der Waals surface area contributed by atoms with E-state index in [0.29, 0.717) is 5.92 Å². The lowest BCUT2D eigenvalue weighted by atomic mass is 10.2. The molecule has 0 aliphatic carbocycles. The summed E-state index contributed by atoms with van der Waals surface area (Å²) in [6.45, 7) is 5.78. The number of carbonyl (C=O) groups is 1. The largest absolute Gasteiger partial charge is 0.303 e. The third-order valence-corrected chi connectivity index (χ3v) is 2.48. The quantitative estimate of drug-likeness (QED) is 0.701. The molecule has 2 aromatic rings. The summed E-state index contributed by atoms with van der Waals surface area (Å²) in [6.07, 6.45) is 3.72. The molecule has 2 rings (SSSR count). The van der Waals surface area contributed by atoms with Crippen LogP contribution in [-0.4, -0.2) is 15.2 Å². The van der Waals surface area contributed by atoms with Gasteiger partial charge in [-0.15, -0.1) is 0 Å². The van der Waals surface area contributed by atoms with Gasteiger partial charge in [0, 0.05) is 17.7 Å². The summed E-state index contributed by atoms with van der Waals surface area (Å²) in [4.78, 5) is 15.5. The minimum Gasteiger partial charge on any atom is -0.303 e. The lowest BCUT2D eigenvalue weighted by molar-refractivity contribution is 0.101. The first-order valence-electron chi connectivity index (χ1n) is 5.07. The average Bonchev–Trinajstić information content (AvgIpc) is 2.59. The first-order valence-corrected chi connectivity index (χ1v) is 5.07. The van der Waals surface area contributed by atoms with Gasteiger partial charge in [-0.05, 0) is 19.1 Å². The molecule has 0 saturated heterocycles. The molecule has 0 atom stereocenters. The van der Waals surface area contributed by atoms with Crippen LogP contribution in [0, 0.1) is 0 Å². The zero-order valence-electron chi connectivity index (χ0n) is 9.19. The SMILES string of the molecule is CC(=O)c1ccn2c(C(C)C)ncc2c1. The highest BCUT2D eigenvalue weighted by Crippen LogP contribution is 2.16. The Bertz CT molecular complexity index is 511. The minimum absolute atomic E-state index is 0.0878. The third-order valence-electron chi connectivity index (χ3n) is 2.48. The van der Waals surface area contributed by atoms with Crippen molar-refractivity contribution in [1.29, 1.82) is 0 Å². The highest BCUT2D eigenvalue weighted by molar-refractivity contribution is 5.95. The molecule has 78 valence electrons. The van der Waals surface area contributed by atoms with Crippen LogP contribution in [0.15, 0.2) is 24.5 Å². The van der Waals surface area contributed by atoms with Crippen LogP contribution in [0.3, 0.4) is 0 Å². The zero-order chi connectivity index (χ0) is 11.0. The van der Waals surface area contributed by atoms with E-state index >= 15 is 0 Å². The van der Waals surface area contributed by atoms with E-state index < -0.39 is 0 Å². The number of fused-ring (bicyclic) bond motifs is 1. The Hall–Kier alpha value is -1.64. The summed E-state index contributed by atoms with van der Waals surface area (Å²) in [7, 11) is 0. The lowest BCUT2D eigenvalue weighted by Gasteiger charge is -2.04. The van der Waals surface area contributed by atoms with Gasteiger partial charge in [-0.25, -0.2) is 4.98 Å². The van der Waals surface area contributed by atoms with Crippen molar-refractivity contribution in [2.45, 2.75) is 26.7 Å². The molecule has 15 heavy (non-hydrogen) atoms. The number of pyridine rings is 1. The van der Waals surface area contributed by atoms with E-state index in [4.69, 9.17) is 0 Å². The molecule has 0 aliphatic heterocycles. The minimum atomic E-state index is 0.0878. The number of hydrogen-bond acceptors (Lipinski definition) is 2. The molecule has 0 aromatic carbocycles. The predicted molar refractivity (Wildman–Crippen MR) is 59.3 cm³/mol. The Kier molecular flexibility index (Phi) is 2.31. The molecular formula is C12H14N2O. The number of hydrogen-bond donors (Lipinski definition) is 0. The molecule has 0 spiro atoms. The fourth-order valence-electron chi connectivity index (χ4n) is 1.67. The van der Waals surface area contributed by atoms with Gasteiger partial charge in [-0.1, -0.05) is 13.8 Å². The number of aromatic nitrogens is 2. The van der Waals surface area contributed by atoms with E-state index in [2.05, 4.69) is 18.8 Å². The molecule has 0 amide bonds. The van der Waals surface area contributed by atoms with E-state index in [1.807, 2.05) is 28.9 Å². The molecule has 0 fully saturated rings. The number of nitrogens with zero attached hydrogens (tertiary/aromatic N) is 2. The van der Waals surface area contributed by atoms with Crippen LogP contribution in [0.2, 0.25) is 0 Å². The monoisotopic (exact) mass is 202 g/mol. The fourth-order valence-corrected chi connectivity index (χ4v) is 1.67. The summed E-state index contributed by atoms with van der Waals surface area (Å²) < 4.78 is 2.02. The van der Waals surface area contributed by atoms with Crippen molar-refractivity contribution >= 4 is 11.3 Å². The molecule has 0 bridgehead atoms. The predicted octanol–water partition coefficient (Wildman–Crippen LogP) is 2.66. The van der Waals surface area contributed by atoms with E-state index in [-0.39, 0.29) is 5.78 Å². The highest BCUT2D eigenvalue weighted by atomic mass is 16.1. The Morgan fingerprint density at radius 3 is 2.80 bits per heavy atom. The Morgan fingerprint density at radius 1 is 1.47 bits per heavy atom. The Labute approximate surface area is 88.8 Å². The van der Waals surface area contributed by atoms with Crippen LogP contribution in [0.5, 0.6) is 0 Å². The van der Waals surface area contributed by atoms with Gasteiger partial charge in [0.25, 0.3) is 0 Å². The van der Waals surface area contributed by atoms with Gasteiger partial charge in [-0.3, -0.25) is 4.79 Å². The molecule has 0 saturated carbocycles. The smallest absolute Gasteiger partial charge is 0.159 e. The molecule has 2 aromatic heterocycles. The van der Waals surface area contributed by atoms with Gasteiger partial charge in [0.1, 0.15) is 5.82 Å². The Morgan fingerprint density at radius 2 is 2.20 bits per heavy atom. The van der Waals surface area contributed by atoms with E-state index in [9.17, 15) is 4.79 Å². The van der Waals surface area contributed by atoms with Crippen LogP contribution in [0.1, 0.15) is 42.9 Å². The third kappa shape index (κ3) is 1.65. The van der Waals surface area contributed by atoms with Crippen molar-refractivity contribution < 1.29 is 4.79 Å². The maximum Gasteiger partial charge on any atom is 0.159 e. The topological polar surface area (TPSA) is 34.4 Å². The van der Waals surface area contributed by atoms with Crippen molar-refractivity contribution in [3.63, 3.8) is 0 Å². The van der Waals surface area contributed by atoms with Crippen molar-refractivity contribution in [1.82, 2.24) is 9.38 Å². The van der Waals surface area contributed by atoms with Crippen molar-refractivity contribution in [3.8, 4) is 0 Å². The van der Waals surface area contributed by atoms with Crippen LogP contribution < -0.4 is 0 Å². The van der Waals surface area contributed by atoms with Gasteiger partial charge in [0.2, 0.25) is 0 Å². The van der Waals surface area contributed by atoms with E-state index in [0.717, 1.165) is 16.9 Å². The van der Waals surface area contributed by atoms with Gasteiger partial charge >= 0.3 is 0 Å². The number of imidazole rings is 1. The van der Waals surface area contributed by atoms with E-state index in [1.54, 1.807) is 6.92 Å². The maximum absolute atomic E-state index is 11.2. The molecule has 0 unspecified atom stereocenters. The number of rotatable bonds is 2. The maximum atomic E-state index is 11.2. The van der Waals surface area contributed by atoms with Crippen molar-refractivity contribution in [3.05, 3.63) is 35.9 Å². The highest BCUT2D eigenvalue weighted by Gasteiger charge is 2.08. The molecule has 3 heteroatoms. The normalized spacial score (nSPS) is 11.2. The van der Waals surface area contributed by atoms with E-state index in [1.165, 1.54) is 0 Å². The Balaban J connectivity index is 2.61. The van der Waals surface area contributed by atoms with Crippen LogP contribution in [0.25, 0.3) is 5.52 Å². The number of ketones is 1. The molecule has 0 aliphatic rings. The van der Waals surface area contributed by atoms with Crippen LogP contribution in [-0.2, 0) is 0 Å². The zero-order valence-corrected chi connectivity index (χ0v) is 9.19. The summed E-state index contributed by atoms with van der Waals surface area (Å²) in [6, 6.07) is 3.71. The average molecular weight is 202 g/mol. The summed E-state index contributed by atoms with van der Waals surface area (Å²) in [5.74, 6) is 1.50. The first-order chi connectivity index (χ1) is 7.09. The fraction of sp³-hybridized carbons (Fsp3) is 0.333. The molecule has 3 nitrogen and oxygen atoms in total. The van der Waals surface area contributed by atoms with Gasteiger partial charge in [0.15, 0.2) is 5.78 Å².